The first kappa shape index (κ1) is 10.8. The molecule has 3 aliphatic rings. The van der Waals surface area contributed by atoms with Crippen molar-refractivity contribution in [2.45, 2.75) is 39.2 Å². The highest BCUT2D eigenvalue weighted by atomic mass is 16.4. The molecule has 0 aliphatic heterocycles. The minimum absolute atomic E-state index is 0.219. The van der Waals surface area contributed by atoms with Gasteiger partial charge in [0.1, 0.15) is 0 Å². The van der Waals surface area contributed by atoms with Gasteiger partial charge in [0, 0.05) is 12.4 Å². The molecule has 2 bridgehead atoms. The number of hydrogen-bond donors (Lipinski definition) is 1. The van der Waals surface area contributed by atoms with Gasteiger partial charge in [-0.25, -0.2) is 4.98 Å². The Bertz CT molecular complexity index is 463. The molecule has 3 saturated carbocycles. The van der Waals surface area contributed by atoms with Crippen LogP contribution in [0, 0.1) is 17.3 Å². The number of hydrogen-bond acceptors (Lipinski definition) is 3. The maximum atomic E-state index is 9.29. The van der Waals surface area contributed by atoms with Gasteiger partial charge in [-0.3, -0.25) is 0 Å². The zero-order valence-electron chi connectivity index (χ0n) is 10.6. The molecule has 4 nitrogen and oxygen atoms in total. The summed E-state index contributed by atoms with van der Waals surface area (Å²) >= 11 is 0. The Morgan fingerprint density at radius 3 is 2.76 bits per heavy atom. The van der Waals surface area contributed by atoms with Crippen molar-refractivity contribution in [1.29, 1.82) is 0 Å². The maximum Gasteiger partial charge on any atom is 0.0954 e. The van der Waals surface area contributed by atoms with E-state index in [9.17, 15) is 5.21 Å². The largest absolute Gasteiger partial charge is 0.411 e. The molecule has 4 heteroatoms. The summed E-state index contributed by atoms with van der Waals surface area (Å²) in [6.45, 7) is 6.83. The number of oxime groups is 1. The Morgan fingerprint density at radius 1 is 1.47 bits per heavy atom. The predicted octanol–water partition coefficient (Wildman–Crippen LogP) is 2.49. The zero-order valence-corrected chi connectivity index (χ0v) is 10.6. The summed E-state index contributed by atoms with van der Waals surface area (Å²) in [4.78, 5) is 4.14. The van der Waals surface area contributed by atoms with E-state index < -0.39 is 0 Å². The van der Waals surface area contributed by atoms with Crippen LogP contribution in [0.3, 0.4) is 0 Å². The molecule has 3 unspecified atom stereocenters. The van der Waals surface area contributed by atoms with Crippen LogP contribution >= 0.6 is 0 Å². The first-order chi connectivity index (χ1) is 8.01. The second kappa shape index (κ2) is 3.12. The summed E-state index contributed by atoms with van der Waals surface area (Å²) in [5.41, 5.74) is 1.01. The Hall–Kier alpha value is -1.32. The number of aromatic nitrogens is 2. The fraction of sp³-hybridized carbons (Fsp3) is 0.692. The number of nitrogens with zero attached hydrogens (tertiary/aromatic N) is 3. The van der Waals surface area contributed by atoms with E-state index in [-0.39, 0.29) is 5.54 Å². The van der Waals surface area contributed by atoms with Crippen molar-refractivity contribution in [3.05, 3.63) is 18.7 Å². The molecule has 3 atom stereocenters. The maximum absolute atomic E-state index is 9.29. The fourth-order valence-corrected chi connectivity index (χ4v) is 3.96. The van der Waals surface area contributed by atoms with Crippen LogP contribution in [0.2, 0.25) is 0 Å². The number of fused-ring (bicyclic) bond motifs is 2. The highest BCUT2D eigenvalue weighted by Crippen LogP contribution is 2.63. The summed E-state index contributed by atoms with van der Waals surface area (Å²) in [5.74, 6) is 1.18. The van der Waals surface area contributed by atoms with Crippen LogP contribution in [-0.2, 0) is 5.54 Å². The molecule has 3 fully saturated rings. The Balaban J connectivity index is 2.11. The Kier molecular flexibility index (Phi) is 1.98. The molecule has 1 N–H and O–H groups in total. The quantitative estimate of drug-likeness (QED) is 0.598. The molecule has 0 spiro atoms. The van der Waals surface area contributed by atoms with E-state index in [0.29, 0.717) is 17.3 Å². The van der Waals surface area contributed by atoms with E-state index >= 15 is 0 Å². The van der Waals surface area contributed by atoms with Gasteiger partial charge in [0.2, 0.25) is 0 Å². The highest BCUT2D eigenvalue weighted by Gasteiger charge is 2.63. The normalized spacial score (nSPS) is 41.2. The molecule has 0 aromatic carbocycles. The molecule has 1 aromatic rings. The molecule has 4 rings (SSSR count). The van der Waals surface area contributed by atoms with Gasteiger partial charge >= 0.3 is 0 Å². The predicted molar refractivity (Wildman–Crippen MR) is 65.1 cm³/mol. The van der Waals surface area contributed by atoms with Crippen LogP contribution in [0.25, 0.3) is 0 Å². The number of imidazole rings is 1. The van der Waals surface area contributed by atoms with Crippen molar-refractivity contribution < 1.29 is 5.21 Å². The first-order valence-corrected chi connectivity index (χ1v) is 6.21. The van der Waals surface area contributed by atoms with Gasteiger partial charge in [0.05, 0.1) is 17.6 Å². The molecule has 0 saturated heterocycles. The van der Waals surface area contributed by atoms with Crippen LogP contribution < -0.4 is 0 Å². The van der Waals surface area contributed by atoms with E-state index in [1.165, 1.54) is 6.42 Å². The van der Waals surface area contributed by atoms with Gasteiger partial charge in [-0.15, -0.1) is 0 Å². The average molecular weight is 233 g/mol. The van der Waals surface area contributed by atoms with Gasteiger partial charge < -0.3 is 9.77 Å². The molecular formula is C13H19N3O. The summed E-state index contributed by atoms with van der Waals surface area (Å²) in [6, 6.07) is 0. The van der Waals surface area contributed by atoms with Crippen molar-refractivity contribution in [2.75, 3.05) is 0 Å². The second-order valence-corrected chi connectivity index (χ2v) is 6.17. The Morgan fingerprint density at radius 2 is 2.24 bits per heavy atom. The summed E-state index contributed by atoms with van der Waals surface area (Å²) in [6.07, 6.45) is 7.72. The van der Waals surface area contributed by atoms with Crippen LogP contribution in [0.5, 0.6) is 0 Å². The van der Waals surface area contributed by atoms with Crippen LogP contribution in [-0.4, -0.2) is 20.5 Å². The fourth-order valence-electron chi connectivity index (χ4n) is 3.96. The van der Waals surface area contributed by atoms with E-state index in [1.54, 1.807) is 6.20 Å². The minimum Gasteiger partial charge on any atom is -0.411 e. The SMILES string of the molecule is CC1(C)C2C/C(=N/O)C(C)(n3ccnc3)C1C2. The number of rotatable bonds is 1. The van der Waals surface area contributed by atoms with E-state index in [4.69, 9.17) is 0 Å². The lowest BCUT2D eigenvalue weighted by Crippen LogP contribution is -2.65. The molecule has 92 valence electrons. The van der Waals surface area contributed by atoms with Crippen molar-refractivity contribution in [1.82, 2.24) is 9.55 Å². The summed E-state index contributed by atoms with van der Waals surface area (Å²) in [5, 5.41) is 12.9. The smallest absolute Gasteiger partial charge is 0.0954 e. The average Bonchev–Trinajstić information content (AvgIpc) is 2.82. The standard InChI is InChI=1S/C13H19N3O/c1-12(2)9-6-10(12)13(3,11(7-9)15-17)16-5-4-14-8-16/h4-5,8-10,17H,6-7H2,1-3H3/b15-11-. The summed E-state index contributed by atoms with van der Waals surface area (Å²) < 4.78 is 2.10. The molecule has 0 radical (unpaired) electrons. The van der Waals surface area contributed by atoms with Gasteiger partial charge in [-0.2, -0.15) is 0 Å². The summed E-state index contributed by atoms with van der Waals surface area (Å²) in [7, 11) is 0. The highest BCUT2D eigenvalue weighted by molar-refractivity contribution is 5.93. The molecule has 1 heterocycles. The Labute approximate surface area is 101 Å². The minimum atomic E-state index is -0.219. The van der Waals surface area contributed by atoms with Gasteiger partial charge in [-0.1, -0.05) is 19.0 Å². The molecule has 1 aromatic heterocycles. The van der Waals surface area contributed by atoms with Crippen molar-refractivity contribution in [3.63, 3.8) is 0 Å². The molecule has 17 heavy (non-hydrogen) atoms. The van der Waals surface area contributed by atoms with Gasteiger partial charge in [0.15, 0.2) is 0 Å². The molecular weight excluding hydrogens is 214 g/mol. The van der Waals surface area contributed by atoms with E-state index in [0.717, 1.165) is 12.1 Å². The lowest BCUT2D eigenvalue weighted by atomic mass is 9.43. The van der Waals surface area contributed by atoms with E-state index in [1.807, 2.05) is 12.5 Å². The lowest BCUT2D eigenvalue weighted by molar-refractivity contribution is -0.0870. The van der Waals surface area contributed by atoms with Gasteiger partial charge in [-0.05, 0) is 37.0 Å². The molecule has 3 aliphatic carbocycles. The topological polar surface area (TPSA) is 50.4 Å². The van der Waals surface area contributed by atoms with Crippen LogP contribution in [0.1, 0.15) is 33.6 Å². The van der Waals surface area contributed by atoms with Gasteiger partial charge in [0.25, 0.3) is 0 Å². The third-order valence-electron chi connectivity index (χ3n) is 5.33. The van der Waals surface area contributed by atoms with Crippen LogP contribution in [0.15, 0.2) is 23.9 Å². The van der Waals surface area contributed by atoms with E-state index in [2.05, 4.69) is 35.5 Å². The van der Waals surface area contributed by atoms with Crippen molar-refractivity contribution in [3.8, 4) is 0 Å². The second-order valence-electron chi connectivity index (χ2n) is 6.17. The zero-order chi connectivity index (χ0) is 12.3. The first-order valence-electron chi connectivity index (χ1n) is 6.21. The monoisotopic (exact) mass is 233 g/mol. The van der Waals surface area contributed by atoms with Crippen molar-refractivity contribution in [2.24, 2.45) is 22.4 Å². The van der Waals surface area contributed by atoms with Crippen LogP contribution in [0.4, 0.5) is 0 Å². The molecule has 0 amide bonds. The third-order valence-corrected chi connectivity index (χ3v) is 5.33. The third kappa shape index (κ3) is 1.13. The van der Waals surface area contributed by atoms with Crippen molar-refractivity contribution >= 4 is 5.71 Å². The lowest BCUT2D eigenvalue weighted by Gasteiger charge is -2.64.